The lowest BCUT2D eigenvalue weighted by Gasteiger charge is -2.29. The van der Waals surface area contributed by atoms with Gasteiger partial charge >= 0.3 is 0 Å². The van der Waals surface area contributed by atoms with Crippen LogP contribution in [0.25, 0.3) is 17.0 Å². The molecule has 3 N–H and O–H groups in total. The van der Waals surface area contributed by atoms with E-state index < -0.39 is 15.9 Å². The lowest BCUT2D eigenvalue weighted by Crippen LogP contribution is -2.35. The van der Waals surface area contributed by atoms with Crippen molar-refractivity contribution in [1.29, 1.82) is 0 Å². The van der Waals surface area contributed by atoms with Gasteiger partial charge in [-0.2, -0.15) is 4.31 Å². The van der Waals surface area contributed by atoms with E-state index in [1.54, 1.807) is 15.9 Å². The first-order chi connectivity index (χ1) is 18.3. The van der Waals surface area contributed by atoms with Crippen molar-refractivity contribution >= 4 is 32.9 Å². The quantitative estimate of drug-likeness (QED) is 0.178. The number of aromatic hydroxyl groups is 1. The van der Waals surface area contributed by atoms with Gasteiger partial charge < -0.3 is 9.67 Å². The Morgan fingerprint density at radius 1 is 1.13 bits per heavy atom. The third kappa shape index (κ3) is 4.96. The second kappa shape index (κ2) is 10.4. The molecule has 1 unspecified atom stereocenters. The number of hydrogen-bond acceptors (Lipinski definition) is 5. The molecule has 4 aromatic rings. The third-order valence-electron chi connectivity index (χ3n) is 7.10. The van der Waals surface area contributed by atoms with Crippen molar-refractivity contribution in [3.05, 3.63) is 101 Å². The summed E-state index contributed by atoms with van der Waals surface area (Å²) in [6.07, 6.45) is 6.72. The number of amides is 1. The van der Waals surface area contributed by atoms with Gasteiger partial charge in [0, 0.05) is 36.8 Å². The van der Waals surface area contributed by atoms with E-state index >= 15 is 0 Å². The Hall–Kier alpha value is -3.92. The average molecular weight is 532 g/mol. The lowest BCUT2D eigenvalue weighted by molar-refractivity contribution is -0.124. The van der Waals surface area contributed by atoms with Crippen LogP contribution in [0.5, 0.6) is 5.75 Å². The molecule has 0 bridgehead atoms. The molecule has 3 aromatic carbocycles. The van der Waals surface area contributed by atoms with Gasteiger partial charge in [0.2, 0.25) is 10.0 Å². The van der Waals surface area contributed by atoms with Crippen LogP contribution in [0.3, 0.4) is 0 Å². The fourth-order valence-electron chi connectivity index (χ4n) is 5.31. The van der Waals surface area contributed by atoms with Crippen LogP contribution < -0.4 is 5.48 Å². The number of aromatic nitrogens is 1. The Balaban J connectivity index is 1.51. The molecular weight excluding hydrogens is 502 g/mol. The number of carbonyl (C=O) groups is 1. The van der Waals surface area contributed by atoms with Crippen LogP contribution >= 0.6 is 0 Å². The van der Waals surface area contributed by atoms with Crippen molar-refractivity contribution in [2.75, 3.05) is 6.54 Å². The van der Waals surface area contributed by atoms with Crippen molar-refractivity contribution in [2.24, 2.45) is 7.05 Å². The highest BCUT2D eigenvalue weighted by Gasteiger charge is 2.36. The minimum Gasteiger partial charge on any atom is -0.508 e. The zero-order valence-electron chi connectivity index (χ0n) is 20.9. The Labute approximate surface area is 221 Å². The van der Waals surface area contributed by atoms with E-state index in [2.05, 4.69) is 10.6 Å². The maximum Gasteiger partial charge on any atom is 0.267 e. The van der Waals surface area contributed by atoms with Crippen molar-refractivity contribution < 1.29 is 23.5 Å². The van der Waals surface area contributed by atoms with Gasteiger partial charge in [0.05, 0.1) is 10.9 Å². The number of benzene rings is 3. The molecule has 0 saturated heterocycles. The summed E-state index contributed by atoms with van der Waals surface area (Å²) < 4.78 is 31.6. The molecule has 0 aliphatic heterocycles. The number of fused-ring (bicyclic) bond motifs is 2. The molecule has 8 nitrogen and oxygen atoms in total. The smallest absolute Gasteiger partial charge is 0.267 e. The number of nitrogens with zero attached hydrogens (tertiary/aromatic N) is 2. The molecule has 1 aliphatic rings. The van der Waals surface area contributed by atoms with Gasteiger partial charge in [-0.25, -0.2) is 13.9 Å². The summed E-state index contributed by atoms with van der Waals surface area (Å²) in [5.41, 5.74) is 6.45. The van der Waals surface area contributed by atoms with Crippen molar-refractivity contribution in [1.82, 2.24) is 14.4 Å². The summed E-state index contributed by atoms with van der Waals surface area (Å²) >= 11 is 0. The van der Waals surface area contributed by atoms with E-state index in [0.717, 1.165) is 33.2 Å². The minimum atomic E-state index is -3.93. The zero-order valence-corrected chi connectivity index (χ0v) is 21.7. The van der Waals surface area contributed by atoms with Gasteiger partial charge in [0.25, 0.3) is 5.91 Å². The highest BCUT2D eigenvalue weighted by molar-refractivity contribution is 7.89. The molecule has 0 radical (unpaired) electrons. The summed E-state index contributed by atoms with van der Waals surface area (Å²) in [5.74, 6) is -0.726. The first-order valence-corrected chi connectivity index (χ1v) is 13.8. The number of hydroxylamine groups is 1. The summed E-state index contributed by atoms with van der Waals surface area (Å²) in [6.45, 7) is 0.272. The predicted molar refractivity (Wildman–Crippen MR) is 145 cm³/mol. The number of phenols is 1. The number of hydrogen-bond donors (Lipinski definition) is 3. The van der Waals surface area contributed by atoms with E-state index in [1.165, 1.54) is 30.3 Å². The minimum absolute atomic E-state index is 0.0541. The molecule has 196 valence electrons. The summed E-state index contributed by atoms with van der Waals surface area (Å²) in [7, 11) is -1.95. The molecule has 1 amide bonds. The molecule has 9 heteroatoms. The number of para-hydroxylation sites is 1. The lowest BCUT2D eigenvalue weighted by atomic mass is 10.0. The fraction of sp³-hybridized carbons (Fsp3) is 0.207. The van der Waals surface area contributed by atoms with E-state index in [1.807, 2.05) is 49.6 Å². The zero-order chi connectivity index (χ0) is 26.9. The van der Waals surface area contributed by atoms with Gasteiger partial charge in [0.1, 0.15) is 5.75 Å². The number of rotatable bonds is 8. The Morgan fingerprint density at radius 3 is 2.74 bits per heavy atom. The maximum absolute atomic E-state index is 14.0. The molecule has 1 heterocycles. The van der Waals surface area contributed by atoms with Crippen LogP contribution in [-0.2, 0) is 34.7 Å². The summed E-state index contributed by atoms with van der Waals surface area (Å²) in [6, 6.07) is 19.2. The number of sulfonamides is 1. The molecule has 38 heavy (non-hydrogen) atoms. The van der Waals surface area contributed by atoms with Gasteiger partial charge in [-0.05, 0) is 71.9 Å². The van der Waals surface area contributed by atoms with E-state index in [4.69, 9.17) is 5.21 Å². The third-order valence-corrected chi connectivity index (χ3v) is 9.01. The Bertz CT molecular complexity index is 1640. The van der Waals surface area contributed by atoms with Gasteiger partial charge in [-0.15, -0.1) is 0 Å². The van der Waals surface area contributed by atoms with Crippen molar-refractivity contribution in [3.63, 3.8) is 0 Å². The van der Waals surface area contributed by atoms with Gasteiger partial charge in [-0.1, -0.05) is 42.5 Å². The van der Waals surface area contributed by atoms with E-state index in [-0.39, 0.29) is 23.2 Å². The van der Waals surface area contributed by atoms with Crippen LogP contribution in [0.4, 0.5) is 0 Å². The molecule has 1 aliphatic carbocycles. The van der Waals surface area contributed by atoms with Crippen LogP contribution in [0.15, 0.2) is 83.9 Å². The standard InChI is InChI=1S/C29H29N3O5S/c1-31-19-22(25-7-2-3-8-27(25)31)15-16-32(38(36,37)24-6-4-5-23(33)18-24)28-13-11-21-17-20(9-12-26(21)28)10-14-29(34)30-35/h2-10,12,14,17-19,28,33,35H,11,13,15-16H2,1H3,(H,30,34). The molecule has 1 atom stereocenters. The average Bonchev–Trinajstić information content (AvgIpc) is 3.48. The maximum atomic E-state index is 14.0. The second-order valence-corrected chi connectivity index (χ2v) is 11.4. The van der Waals surface area contributed by atoms with Crippen LogP contribution in [0.1, 0.15) is 34.7 Å². The highest BCUT2D eigenvalue weighted by Crippen LogP contribution is 2.40. The number of carbonyl (C=O) groups excluding carboxylic acids is 1. The van der Waals surface area contributed by atoms with Crippen LogP contribution in [0.2, 0.25) is 0 Å². The predicted octanol–water partition coefficient (Wildman–Crippen LogP) is 4.32. The molecule has 0 saturated carbocycles. The number of aryl methyl sites for hydroxylation is 2. The van der Waals surface area contributed by atoms with Gasteiger partial charge in [-0.3, -0.25) is 10.0 Å². The SMILES string of the molecule is Cn1cc(CCN(C2CCc3cc(C=CC(=O)NO)ccc32)S(=O)(=O)c2cccc(O)c2)c2ccccc21. The molecule has 1 aromatic heterocycles. The highest BCUT2D eigenvalue weighted by atomic mass is 32.2. The first-order valence-electron chi connectivity index (χ1n) is 12.4. The fourth-order valence-corrected chi connectivity index (χ4v) is 6.98. The number of nitrogens with one attached hydrogen (secondary N) is 1. The van der Waals surface area contributed by atoms with Gasteiger partial charge in [0.15, 0.2) is 0 Å². The second-order valence-electron chi connectivity index (χ2n) is 9.47. The topological polar surface area (TPSA) is 112 Å². The first kappa shape index (κ1) is 25.7. The van der Waals surface area contributed by atoms with E-state index in [9.17, 15) is 18.3 Å². The molecule has 0 spiro atoms. The number of phenolic OH excluding ortho intramolecular Hbond substituents is 1. The molecule has 5 rings (SSSR count). The summed E-state index contributed by atoms with van der Waals surface area (Å²) in [5, 5.41) is 19.8. The largest absolute Gasteiger partial charge is 0.508 e. The Kier molecular flexibility index (Phi) is 7.07. The normalized spacial score (nSPS) is 15.4. The molecule has 0 fully saturated rings. The Morgan fingerprint density at radius 2 is 1.95 bits per heavy atom. The molecular formula is C29H29N3O5S. The van der Waals surface area contributed by atoms with Crippen LogP contribution in [0, 0.1) is 0 Å². The van der Waals surface area contributed by atoms with Crippen molar-refractivity contribution in [3.8, 4) is 5.75 Å². The van der Waals surface area contributed by atoms with Crippen molar-refractivity contribution in [2.45, 2.75) is 30.2 Å². The van der Waals surface area contributed by atoms with Crippen LogP contribution in [-0.4, -0.2) is 40.1 Å². The monoisotopic (exact) mass is 531 g/mol. The summed E-state index contributed by atoms with van der Waals surface area (Å²) in [4.78, 5) is 11.4. The van der Waals surface area contributed by atoms with E-state index in [0.29, 0.717) is 19.3 Å².